The lowest BCUT2D eigenvalue weighted by Gasteiger charge is -2.43. The molecular formula is C18H28N2OS. The number of hydrogen-bond acceptors (Lipinski definition) is 4. The van der Waals surface area contributed by atoms with Gasteiger partial charge in [0, 0.05) is 37.1 Å². The van der Waals surface area contributed by atoms with Crippen molar-refractivity contribution in [3.05, 3.63) is 35.4 Å². The molecule has 0 aliphatic carbocycles. The largest absolute Gasteiger partial charge is 0.381 e. The molecule has 0 aromatic heterocycles. The first-order chi connectivity index (χ1) is 10.7. The second-order valence-corrected chi connectivity index (χ2v) is 7.84. The van der Waals surface area contributed by atoms with Gasteiger partial charge in [-0.3, -0.25) is 0 Å². The molecule has 0 radical (unpaired) electrons. The van der Waals surface area contributed by atoms with E-state index in [4.69, 9.17) is 4.74 Å². The minimum atomic E-state index is 0.240. The van der Waals surface area contributed by atoms with Gasteiger partial charge in [0.1, 0.15) is 0 Å². The molecule has 0 amide bonds. The standard InChI is InChI=1S/C18H28N2OS/c1-20(2)18(8-10-21-11-9-18)14-19-17-13-22-12-7-15-5-3-4-6-16(15)17/h3-6,17,19H,7-14H2,1-2H3. The van der Waals surface area contributed by atoms with E-state index in [0.717, 1.165) is 32.6 Å². The van der Waals surface area contributed by atoms with Gasteiger partial charge in [-0.25, -0.2) is 0 Å². The number of rotatable bonds is 4. The lowest BCUT2D eigenvalue weighted by atomic mass is 9.88. The lowest BCUT2D eigenvalue weighted by molar-refractivity contribution is -0.00801. The summed E-state index contributed by atoms with van der Waals surface area (Å²) in [7, 11) is 4.42. The number of nitrogens with zero attached hydrogens (tertiary/aromatic N) is 1. The maximum Gasteiger partial charge on any atom is 0.0484 e. The average Bonchev–Trinajstić information content (AvgIpc) is 2.76. The molecule has 2 heterocycles. The van der Waals surface area contributed by atoms with Gasteiger partial charge < -0.3 is 15.0 Å². The van der Waals surface area contributed by atoms with Gasteiger partial charge in [-0.15, -0.1) is 0 Å². The highest BCUT2D eigenvalue weighted by molar-refractivity contribution is 7.99. The zero-order chi connectivity index (χ0) is 15.4. The molecule has 1 N–H and O–H groups in total. The van der Waals surface area contributed by atoms with Crippen molar-refractivity contribution < 1.29 is 4.74 Å². The SMILES string of the molecule is CN(C)C1(CNC2CSCCc3ccccc32)CCOCC1. The topological polar surface area (TPSA) is 24.5 Å². The first kappa shape index (κ1) is 16.3. The molecule has 22 heavy (non-hydrogen) atoms. The van der Waals surface area contributed by atoms with Crippen LogP contribution in [0.2, 0.25) is 0 Å². The summed E-state index contributed by atoms with van der Waals surface area (Å²) in [6, 6.07) is 9.44. The highest BCUT2D eigenvalue weighted by Crippen LogP contribution is 2.30. The Labute approximate surface area is 138 Å². The molecule has 3 rings (SSSR count). The van der Waals surface area contributed by atoms with Crippen molar-refractivity contribution in [2.75, 3.05) is 45.4 Å². The van der Waals surface area contributed by atoms with E-state index in [-0.39, 0.29) is 5.54 Å². The van der Waals surface area contributed by atoms with E-state index in [9.17, 15) is 0 Å². The van der Waals surface area contributed by atoms with Crippen molar-refractivity contribution >= 4 is 11.8 Å². The van der Waals surface area contributed by atoms with Crippen molar-refractivity contribution in [3.8, 4) is 0 Å². The molecule has 2 aliphatic heterocycles. The van der Waals surface area contributed by atoms with E-state index < -0.39 is 0 Å². The molecule has 1 aromatic rings. The molecule has 1 aromatic carbocycles. The molecule has 2 aliphatic rings. The second-order valence-electron chi connectivity index (χ2n) is 6.69. The summed E-state index contributed by atoms with van der Waals surface area (Å²) in [4.78, 5) is 2.40. The fourth-order valence-corrected chi connectivity index (χ4v) is 4.65. The van der Waals surface area contributed by atoms with Gasteiger partial charge in [0.15, 0.2) is 0 Å². The minimum Gasteiger partial charge on any atom is -0.381 e. The first-order valence-electron chi connectivity index (χ1n) is 8.35. The summed E-state index contributed by atoms with van der Waals surface area (Å²) >= 11 is 2.07. The molecular weight excluding hydrogens is 292 g/mol. The van der Waals surface area contributed by atoms with Crippen molar-refractivity contribution in [2.24, 2.45) is 0 Å². The molecule has 4 heteroatoms. The normalized spacial score (nSPS) is 24.8. The van der Waals surface area contributed by atoms with Gasteiger partial charge in [-0.2, -0.15) is 11.8 Å². The molecule has 1 saturated heterocycles. The minimum absolute atomic E-state index is 0.240. The highest BCUT2D eigenvalue weighted by atomic mass is 32.2. The van der Waals surface area contributed by atoms with E-state index in [0.29, 0.717) is 6.04 Å². The van der Waals surface area contributed by atoms with Crippen LogP contribution in [-0.4, -0.2) is 55.8 Å². The predicted molar refractivity (Wildman–Crippen MR) is 94.7 cm³/mol. The van der Waals surface area contributed by atoms with Crippen molar-refractivity contribution in [3.63, 3.8) is 0 Å². The van der Waals surface area contributed by atoms with Crippen LogP contribution in [-0.2, 0) is 11.2 Å². The number of thioether (sulfide) groups is 1. The van der Waals surface area contributed by atoms with Crippen LogP contribution in [0.3, 0.4) is 0 Å². The molecule has 0 bridgehead atoms. The number of benzene rings is 1. The van der Waals surface area contributed by atoms with Crippen LogP contribution in [0.5, 0.6) is 0 Å². The smallest absolute Gasteiger partial charge is 0.0484 e. The van der Waals surface area contributed by atoms with Crippen molar-refractivity contribution in [1.82, 2.24) is 10.2 Å². The predicted octanol–water partition coefficient (Wildman–Crippen LogP) is 2.72. The summed E-state index contributed by atoms with van der Waals surface area (Å²) in [5.41, 5.74) is 3.27. The molecule has 0 spiro atoms. The quantitative estimate of drug-likeness (QED) is 0.922. The van der Waals surface area contributed by atoms with E-state index >= 15 is 0 Å². The molecule has 0 saturated carbocycles. The highest BCUT2D eigenvalue weighted by Gasteiger charge is 2.35. The van der Waals surface area contributed by atoms with Gasteiger partial charge in [0.2, 0.25) is 0 Å². The fraction of sp³-hybridized carbons (Fsp3) is 0.667. The third-order valence-corrected chi connectivity index (χ3v) is 6.34. The van der Waals surface area contributed by atoms with Crippen LogP contribution in [0.4, 0.5) is 0 Å². The number of ether oxygens (including phenoxy) is 1. The number of fused-ring (bicyclic) bond motifs is 1. The Morgan fingerprint density at radius 3 is 2.82 bits per heavy atom. The van der Waals surface area contributed by atoms with Gasteiger partial charge >= 0.3 is 0 Å². The molecule has 1 fully saturated rings. The third kappa shape index (κ3) is 3.51. The van der Waals surface area contributed by atoms with Crippen molar-refractivity contribution in [1.29, 1.82) is 0 Å². The first-order valence-corrected chi connectivity index (χ1v) is 9.51. The number of nitrogens with one attached hydrogen (secondary N) is 1. The Hall–Kier alpha value is -0.550. The lowest BCUT2D eigenvalue weighted by Crippen LogP contribution is -2.55. The van der Waals surface area contributed by atoms with Gasteiger partial charge in [0.05, 0.1) is 0 Å². The van der Waals surface area contributed by atoms with E-state index in [1.54, 1.807) is 0 Å². The van der Waals surface area contributed by atoms with Crippen molar-refractivity contribution in [2.45, 2.75) is 30.8 Å². The summed E-state index contributed by atoms with van der Waals surface area (Å²) in [5, 5.41) is 3.89. The number of aryl methyl sites for hydroxylation is 1. The molecule has 1 unspecified atom stereocenters. The Bertz CT molecular complexity index is 486. The molecule has 1 atom stereocenters. The maximum atomic E-state index is 5.58. The summed E-state index contributed by atoms with van der Waals surface area (Å²) in [6.07, 6.45) is 3.44. The van der Waals surface area contributed by atoms with Gasteiger partial charge in [-0.1, -0.05) is 24.3 Å². The van der Waals surface area contributed by atoms with Gasteiger partial charge in [-0.05, 0) is 50.2 Å². The number of hydrogen-bond donors (Lipinski definition) is 1. The van der Waals surface area contributed by atoms with Crippen LogP contribution < -0.4 is 5.32 Å². The summed E-state index contributed by atoms with van der Waals surface area (Å²) in [6.45, 7) is 2.81. The number of likely N-dealkylation sites (N-methyl/N-ethyl adjacent to an activating group) is 1. The summed E-state index contributed by atoms with van der Waals surface area (Å²) in [5.74, 6) is 2.42. The third-order valence-electron chi connectivity index (χ3n) is 5.28. The Kier molecular flexibility index (Phi) is 5.45. The monoisotopic (exact) mass is 320 g/mol. The van der Waals surface area contributed by atoms with Crippen LogP contribution in [0.25, 0.3) is 0 Å². The summed E-state index contributed by atoms with van der Waals surface area (Å²) < 4.78 is 5.58. The van der Waals surface area contributed by atoms with Gasteiger partial charge in [0.25, 0.3) is 0 Å². The van der Waals surface area contributed by atoms with E-state index in [1.165, 1.54) is 29.1 Å². The second kappa shape index (κ2) is 7.35. The van der Waals surface area contributed by atoms with E-state index in [1.807, 2.05) is 0 Å². The maximum absolute atomic E-state index is 5.58. The van der Waals surface area contributed by atoms with E-state index in [2.05, 4.69) is 60.3 Å². The Morgan fingerprint density at radius 1 is 1.27 bits per heavy atom. The molecule has 122 valence electrons. The fourth-order valence-electron chi connectivity index (χ4n) is 3.59. The zero-order valence-electron chi connectivity index (χ0n) is 13.8. The van der Waals surface area contributed by atoms with Crippen LogP contribution >= 0.6 is 11.8 Å². The van der Waals surface area contributed by atoms with Crippen LogP contribution in [0.1, 0.15) is 30.0 Å². The Morgan fingerprint density at radius 2 is 2.05 bits per heavy atom. The van der Waals surface area contributed by atoms with Crippen LogP contribution in [0.15, 0.2) is 24.3 Å². The zero-order valence-corrected chi connectivity index (χ0v) is 14.6. The molecule has 3 nitrogen and oxygen atoms in total. The Balaban J connectivity index is 1.72. The van der Waals surface area contributed by atoms with Crippen LogP contribution in [0, 0.1) is 0 Å². The average molecular weight is 321 g/mol.